The summed E-state index contributed by atoms with van der Waals surface area (Å²) in [5.41, 5.74) is -0.00991. The molecule has 0 radical (unpaired) electrons. The van der Waals surface area contributed by atoms with Crippen molar-refractivity contribution in [1.82, 2.24) is 9.29 Å². The fraction of sp³-hybridized carbons (Fsp3) is 0.545. The summed E-state index contributed by atoms with van der Waals surface area (Å²) in [5, 5.41) is 0. The van der Waals surface area contributed by atoms with Crippen LogP contribution in [0.25, 0.3) is 0 Å². The number of halogens is 3. The van der Waals surface area contributed by atoms with Crippen molar-refractivity contribution in [3.63, 3.8) is 0 Å². The number of aryl methyl sites for hydroxylation is 1. The van der Waals surface area contributed by atoms with Crippen LogP contribution in [0.1, 0.15) is 22.5 Å². The van der Waals surface area contributed by atoms with Gasteiger partial charge in [-0.3, -0.25) is 0 Å². The third-order valence-electron chi connectivity index (χ3n) is 3.29. The molecule has 1 aromatic heterocycles. The quantitative estimate of drug-likeness (QED) is 0.780. The van der Waals surface area contributed by atoms with Crippen molar-refractivity contribution in [2.24, 2.45) is 7.05 Å². The molecule has 21 heavy (non-hydrogen) atoms. The number of ether oxygens (including phenoxy) is 1. The van der Waals surface area contributed by atoms with Crippen molar-refractivity contribution >= 4 is 16.0 Å². The molecule has 1 aliphatic heterocycles. The maximum Gasteiger partial charge on any atom is 0.404 e. The zero-order chi connectivity index (χ0) is 16.0. The van der Waals surface area contributed by atoms with E-state index in [1.54, 1.807) is 4.72 Å². The molecule has 0 fully saturated rings. The Kier molecular flexibility index (Phi) is 3.79. The van der Waals surface area contributed by atoms with Crippen LogP contribution in [0.2, 0.25) is 0 Å². The number of nitrogens with zero attached hydrogens (tertiary/aromatic N) is 1. The first-order valence-corrected chi connectivity index (χ1v) is 7.42. The minimum Gasteiger partial charge on any atom is -0.464 e. The molecular formula is C11H13F3N2O4S. The molecule has 0 aromatic carbocycles. The highest BCUT2D eigenvalue weighted by Crippen LogP contribution is 2.32. The average Bonchev–Trinajstić information content (AvgIpc) is 2.63. The van der Waals surface area contributed by atoms with E-state index in [2.05, 4.69) is 4.74 Å². The monoisotopic (exact) mass is 326 g/mol. The molecular weight excluding hydrogens is 313 g/mol. The zero-order valence-electron chi connectivity index (χ0n) is 11.2. The Morgan fingerprint density at radius 3 is 2.62 bits per heavy atom. The first-order chi connectivity index (χ1) is 9.58. The minimum atomic E-state index is -4.69. The van der Waals surface area contributed by atoms with Crippen LogP contribution in [0.15, 0.2) is 11.1 Å². The summed E-state index contributed by atoms with van der Waals surface area (Å²) in [5.74, 6) is -0.792. The van der Waals surface area contributed by atoms with Crippen LogP contribution in [0.5, 0.6) is 0 Å². The third-order valence-corrected chi connectivity index (χ3v) is 4.82. The van der Waals surface area contributed by atoms with Crippen LogP contribution in [0.4, 0.5) is 13.2 Å². The van der Waals surface area contributed by atoms with E-state index in [9.17, 15) is 26.4 Å². The normalized spacial score (nSPS) is 21.5. The molecule has 6 nitrogen and oxygen atoms in total. The number of hydrogen-bond donors (Lipinski definition) is 1. The summed E-state index contributed by atoms with van der Waals surface area (Å²) in [7, 11) is -1.81. The van der Waals surface area contributed by atoms with E-state index < -0.39 is 34.6 Å². The average molecular weight is 326 g/mol. The van der Waals surface area contributed by atoms with Gasteiger partial charge in [0, 0.05) is 18.8 Å². The van der Waals surface area contributed by atoms with E-state index >= 15 is 0 Å². The number of esters is 1. The first-order valence-electron chi connectivity index (χ1n) is 5.93. The third kappa shape index (κ3) is 2.77. The standard InChI is InChI=1S/C11H13F3N2O4S/c1-16-5-7-6(9(16)10(17)20-2)3-4-8(11(12,13)14)15-21(7,18)19/h5,8,15H,3-4H2,1-2H3. The van der Waals surface area contributed by atoms with Gasteiger partial charge in [-0.2, -0.15) is 17.9 Å². The van der Waals surface area contributed by atoms with Crippen molar-refractivity contribution in [1.29, 1.82) is 0 Å². The number of fused-ring (bicyclic) bond motifs is 1. The molecule has 1 N–H and O–H groups in total. The van der Waals surface area contributed by atoms with Crippen molar-refractivity contribution in [2.45, 2.75) is 30.0 Å². The summed E-state index contributed by atoms with van der Waals surface area (Å²) >= 11 is 0. The number of sulfonamides is 1. The smallest absolute Gasteiger partial charge is 0.404 e. The van der Waals surface area contributed by atoms with E-state index in [-0.39, 0.29) is 22.6 Å². The Morgan fingerprint density at radius 2 is 2.10 bits per heavy atom. The van der Waals surface area contributed by atoms with Crippen molar-refractivity contribution in [3.05, 3.63) is 17.5 Å². The van der Waals surface area contributed by atoms with E-state index in [0.717, 1.165) is 13.3 Å². The Balaban J connectivity index is 2.56. The Labute approximate surface area is 118 Å². The van der Waals surface area contributed by atoms with Gasteiger partial charge in [-0.25, -0.2) is 13.2 Å². The molecule has 1 aromatic rings. The van der Waals surface area contributed by atoms with Crippen molar-refractivity contribution in [2.75, 3.05) is 7.11 Å². The van der Waals surface area contributed by atoms with Gasteiger partial charge in [0.05, 0.1) is 7.11 Å². The van der Waals surface area contributed by atoms with Gasteiger partial charge < -0.3 is 9.30 Å². The van der Waals surface area contributed by atoms with E-state index in [1.807, 2.05) is 0 Å². The van der Waals surface area contributed by atoms with Gasteiger partial charge >= 0.3 is 12.1 Å². The van der Waals surface area contributed by atoms with Crippen LogP contribution < -0.4 is 4.72 Å². The summed E-state index contributed by atoms with van der Waals surface area (Å²) in [4.78, 5) is 11.4. The minimum absolute atomic E-state index is 0.0450. The topological polar surface area (TPSA) is 77.4 Å². The maximum absolute atomic E-state index is 12.8. The summed E-state index contributed by atoms with van der Waals surface area (Å²) in [6.07, 6.45) is -4.26. The van der Waals surface area contributed by atoms with Gasteiger partial charge in [-0.1, -0.05) is 0 Å². The van der Waals surface area contributed by atoms with E-state index in [0.29, 0.717) is 0 Å². The van der Waals surface area contributed by atoms with Crippen LogP contribution >= 0.6 is 0 Å². The molecule has 0 saturated heterocycles. The number of carbonyl (C=O) groups is 1. The van der Waals surface area contributed by atoms with E-state index in [4.69, 9.17) is 0 Å². The number of alkyl halides is 3. The second kappa shape index (κ2) is 5.02. The lowest BCUT2D eigenvalue weighted by molar-refractivity contribution is -0.152. The second-order valence-electron chi connectivity index (χ2n) is 4.68. The largest absolute Gasteiger partial charge is 0.464 e. The molecule has 10 heteroatoms. The molecule has 118 valence electrons. The molecule has 2 rings (SSSR count). The van der Waals surface area contributed by atoms with Crippen LogP contribution in [-0.2, 0) is 28.2 Å². The molecule has 0 saturated carbocycles. The molecule has 0 amide bonds. The molecule has 2 heterocycles. The van der Waals surface area contributed by atoms with Crippen molar-refractivity contribution < 1.29 is 31.1 Å². The highest BCUT2D eigenvalue weighted by atomic mass is 32.2. The van der Waals surface area contributed by atoms with Crippen LogP contribution in [0.3, 0.4) is 0 Å². The highest BCUT2D eigenvalue weighted by Gasteiger charge is 2.45. The summed E-state index contributed by atoms with van der Waals surface area (Å²) in [6, 6.07) is -2.18. The van der Waals surface area contributed by atoms with Gasteiger partial charge in [-0.15, -0.1) is 0 Å². The van der Waals surface area contributed by atoms with Crippen molar-refractivity contribution in [3.8, 4) is 0 Å². The molecule has 1 unspecified atom stereocenters. The number of rotatable bonds is 1. The molecule has 0 bridgehead atoms. The molecule has 0 spiro atoms. The lowest BCUT2D eigenvalue weighted by atomic mass is 10.1. The second-order valence-corrected chi connectivity index (χ2v) is 6.36. The number of methoxy groups -OCH3 is 1. The highest BCUT2D eigenvalue weighted by molar-refractivity contribution is 7.89. The summed E-state index contributed by atoms with van der Waals surface area (Å²) < 4.78 is 69.8. The van der Waals surface area contributed by atoms with Crippen LogP contribution in [-0.4, -0.2) is 38.3 Å². The molecule has 1 aliphatic rings. The van der Waals surface area contributed by atoms with Gasteiger partial charge in [-0.05, 0) is 12.8 Å². The van der Waals surface area contributed by atoms with Gasteiger partial charge in [0.15, 0.2) is 0 Å². The SMILES string of the molecule is COC(=O)c1c2c(cn1C)S(=O)(=O)NC(C(F)(F)F)CC2. The Bertz CT molecular complexity index is 678. The Hall–Kier alpha value is -1.55. The lowest BCUT2D eigenvalue weighted by Crippen LogP contribution is -2.44. The zero-order valence-corrected chi connectivity index (χ0v) is 12.0. The van der Waals surface area contributed by atoms with Gasteiger partial charge in [0.25, 0.3) is 0 Å². The first kappa shape index (κ1) is 15.8. The predicted octanol–water partition coefficient (Wildman–Crippen LogP) is 0.967. The molecule has 1 atom stereocenters. The van der Waals surface area contributed by atoms with Crippen LogP contribution in [0, 0.1) is 0 Å². The number of carbonyl (C=O) groups excluding carboxylic acids is 1. The fourth-order valence-corrected chi connectivity index (χ4v) is 3.89. The molecule has 0 aliphatic carbocycles. The predicted molar refractivity (Wildman–Crippen MR) is 65.2 cm³/mol. The summed E-state index contributed by atoms with van der Waals surface area (Å²) in [6.45, 7) is 0. The number of aromatic nitrogens is 1. The Morgan fingerprint density at radius 1 is 1.48 bits per heavy atom. The number of hydrogen-bond acceptors (Lipinski definition) is 4. The maximum atomic E-state index is 12.8. The van der Waals surface area contributed by atoms with Gasteiger partial charge in [0.2, 0.25) is 10.0 Å². The fourth-order valence-electron chi connectivity index (χ4n) is 2.31. The number of nitrogens with one attached hydrogen (secondary N) is 1. The lowest BCUT2D eigenvalue weighted by Gasteiger charge is -2.18. The van der Waals surface area contributed by atoms with E-state index in [1.165, 1.54) is 11.6 Å². The van der Waals surface area contributed by atoms with Gasteiger partial charge in [0.1, 0.15) is 16.6 Å².